The van der Waals surface area contributed by atoms with E-state index >= 15 is 0 Å². The van der Waals surface area contributed by atoms with Gasteiger partial charge in [0.15, 0.2) is 0 Å². The zero-order valence-electron chi connectivity index (χ0n) is 10.0. The second kappa shape index (κ2) is 4.61. The molecule has 0 amide bonds. The lowest BCUT2D eigenvalue weighted by Crippen LogP contribution is -2.12. The van der Waals surface area contributed by atoms with E-state index in [1.54, 1.807) is 6.07 Å². The summed E-state index contributed by atoms with van der Waals surface area (Å²) in [5.74, 6) is -0.167. The molecule has 1 atom stereocenters. The van der Waals surface area contributed by atoms with Gasteiger partial charge in [0.05, 0.1) is 6.04 Å². The van der Waals surface area contributed by atoms with E-state index in [0.29, 0.717) is 6.61 Å². The van der Waals surface area contributed by atoms with Crippen LogP contribution < -0.4 is 10.1 Å². The number of rotatable bonds is 3. The summed E-state index contributed by atoms with van der Waals surface area (Å²) < 4.78 is 5.57. The predicted molar refractivity (Wildman–Crippen MR) is 69.5 cm³/mol. The highest BCUT2D eigenvalue weighted by atomic mass is 16.5. The maximum atomic E-state index is 10.9. The van der Waals surface area contributed by atoms with Gasteiger partial charge in [0.2, 0.25) is 0 Å². The molecule has 1 aromatic heterocycles. The molecule has 1 unspecified atom stereocenters. The van der Waals surface area contributed by atoms with E-state index in [1.165, 1.54) is 12.3 Å². The Morgan fingerprint density at radius 1 is 1.37 bits per heavy atom. The van der Waals surface area contributed by atoms with Gasteiger partial charge in [0.25, 0.3) is 0 Å². The summed E-state index contributed by atoms with van der Waals surface area (Å²) >= 11 is 0. The molecule has 0 aliphatic carbocycles. The number of carbonyl (C=O) groups is 1. The average molecular weight is 256 g/mol. The molecule has 0 fully saturated rings. The fourth-order valence-corrected chi connectivity index (χ4v) is 2.12. The van der Waals surface area contributed by atoms with Gasteiger partial charge < -0.3 is 15.2 Å². The topological polar surface area (TPSA) is 71.5 Å². The van der Waals surface area contributed by atoms with Crippen molar-refractivity contribution in [3.63, 3.8) is 0 Å². The third-order valence-electron chi connectivity index (χ3n) is 3.02. The fraction of sp³-hybridized carbons (Fsp3) is 0.143. The highest BCUT2D eigenvalue weighted by Crippen LogP contribution is 2.33. The number of aromatic carboxylic acids is 1. The first-order valence-corrected chi connectivity index (χ1v) is 5.91. The molecule has 1 aliphatic heterocycles. The number of para-hydroxylation sites is 1. The second-order valence-electron chi connectivity index (χ2n) is 4.28. The van der Waals surface area contributed by atoms with Crippen LogP contribution in [0, 0.1) is 0 Å². The van der Waals surface area contributed by atoms with Gasteiger partial charge in [-0.1, -0.05) is 18.2 Å². The summed E-state index contributed by atoms with van der Waals surface area (Å²) in [4.78, 5) is 14.7. The molecule has 2 aromatic rings. The zero-order valence-corrected chi connectivity index (χ0v) is 10.0. The third kappa shape index (κ3) is 2.22. The third-order valence-corrected chi connectivity index (χ3v) is 3.02. The molecule has 19 heavy (non-hydrogen) atoms. The zero-order chi connectivity index (χ0) is 13.2. The Balaban J connectivity index is 1.83. The molecule has 1 aliphatic rings. The van der Waals surface area contributed by atoms with Crippen molar-refractivity contribution in [3.05, 3.63) is 53.9 Å². The monoisotopic (exact) mass is 256 g/mol. The van der Waals surface area contributed by atoms with Gasteiger partial charge in [0.1, 0.15) is 18.1 Å². The lowest BCUT2D eigenvalue weighted by Gasteiger charge is -2.13. The van der Waals surface area contributed by atoms with Crippen LogP contribution in [0.1, 0.15) is 22.1 Å². The first-order valence-electron chi connectivity index (χ1n) is 5.91. The first kappa shape index (κ1) is 11.5. The summed E-state index contributed by atoms with van der Waals surface area (Å²) in [5.41, 5.74) is 1.83. The summed E-state index contributed by atoms with van der Waals surface area (Å²) in [6.07, 6.45) is 1.48. The number of hydrogen-bond donors (Lipinski definition) is 2. The Morgan fingerprint density at radius 3 is 3.05 bits per heavy atom. The molecule has 5 heteroatoms. The predicted octanol–water partition coefficient (Wildman–Crippen LogP) is 2.33. The number of anilines is 1. The van der Waals surface area contributed by atoms with Gasteiger partial charge in [-0.25, -0.2) is 9.78 Å². The maximum absolute atomic E-state index is 10.9. The average Bonchev–Trinajstić information content (AvgIpc) is 2.83. The number of aromatic nitrogens is 1. The molecular weight excluding hydrogens is 244 g/mol. The minimum atomic E-state index is -1.04. The lowest BCUT2D eigenvalue weighted by atomic mass is 10.1. The lowest BCUT2D eigenvalue weighted by molar-refractivity contribution is 0.0690. The number of nitrogens with one attached hydrogen (secondary N) is 1. The highest BCUT2D eigenvalue weighted by Gasteiger charge is 2.23. The summed E-state index contributed by atoms with van der Waals surface area (Å²) in [6, 6.07) is 11.1. The Kier molecular flexibility index (Phi) is 2.79. The second-order valence-corrected chi connectivity index (χ2v) is 4.28. The minimum Gasteiger partial charge on any atom is -0.491 e. The maximum Gasteiger partial charge on any atom is 0.354 e. The number of pyridine rings is 1. The van der Waals surface area contributed by atoms with Crippen molar-refractivity contribution >= 4 is 11.7 Å². The molecule has 0 spiro atoms. The first-order chi connectivity index (χ1) is 9.24. The molecule has 0 saturated carbocycles. The van der Waals surface area contributed by atoms with Gasteiger partial charge in [-0.05, 0) is 18.2 Å². The Labute approximate surface area is 109 Å². The molecule has 0 bridgehead atoms. The van der Waals surface area contributed by atoms with Gasteiger partial charge in [-0.15, -0.1) is 0 Å². The number of nitrogens with zero attached hydrogens (tertiary/aromatic N) is 1. The smallest absolute Gasteiger partial charge is 0.354 e. The van der Waals surface area contributed by atoms with E-state index in [9.17, 15) is 4.79 Å². The fourth-order valence-electron chi connectivity index (χ4n) is 2.12. The molecule has 2 N–H and O–H groups in total. The van der Waals surface area contributed by atoms with E-state index < -0.39 is 5.97 Å². The number of fused-ring (bicyclic) bond motifs is 1. The summed E-state index contributed by atoms with van der Waals surface area (Å²) in [6.45, 7) is 0.532. The van der Waals surface area contributed by atoms with Crippen LogP contribution in [0.15, 0.2) is 42.6 Å². The van der Waals surface area contributed by atoms with Gasteiger partial charge >= 0.3 is 5.97 Å². The molecule has 1 aromatic carbocycles. The van der Waals surface area contributed by atoms with Gasteiger partial charge in [0, 0.05) is 17.4 Å². The summed E-state index contributed by atoms with van der Waals surface area (Å²) in [7, 11) is 0. The SMILES string of the molecule is O=C(O)c1cc(NC2COc3ccccc32)ccn1. The van der Waals surface area contributed by atoms with Crippen molar-refractivity contribution in [1.82, 2.24) is 4.98 Å². The standard InChI is InChI=1S/C14H12N2O3/c17-14(18)11-7-9(5-6-15-11)16-12-8-19-13-4-2-1-3-10(12)13/h1-7,12H,8H2,(H,15,16)(H,17,18). The molecule has 0 saturated heterocycles. The van der Waals surface area contributed by atoms with Crippen LogP contribution in [-0.2, 0) is 0 Å². The van der Waals surface area contributed by atoms with E-state index in [1.807, 2.05) is 24.3 Å². The van der Waals surface area contributed by atoms with Crippen LogP contribution in [-0.4, -0.2) is 22.7 Å². The van der Waals surface area contributed by atoms with Crippen molar-refractivity contribution in [1.29, 1.82) is 0 Å². The normalized spacial score (nSPS) is 16.5. The molecule has 96 valence electrons. The van der Waals surface area contributed by atoms with Crippen LogP contribution in [0.2, 0.25) is 0 Å². The number of ether oxygens (including phenoxy) is 1. The van der Waals surface area contributed by atoms with Crippen LogP contribution in [0.3, 0.4) is 0 Å². The van der Waals surface area contributed by atoms with Crippen molar-refractivity contribution in [2.45, 2.75) is 6.04 Å². The molecular formula is C14H12N2O3. The van der Waals surface area contributed by atoms with E-state index in [4.69, 9.17) is 9.84 Å². The van der Waals surface area contributed by atoms with Crippen molar-refractivity contribution in [3.8, 4) is 5.75 Å². The van der Waals surface area contributed by atoms with Gasteiger partial charge in [-0.2, -0.15) is 0 Å². The van der Waals surface area contributed by atoms with Crippen molar-refractivity contribution in [2.75, 3.05) is 11.9 Å². The van der Waals surface area contributed by atoms with Crippen molar-refractivity contribution in [2.24, 2.45) is 0 Å². The van der Waals surface area contributed by atoms with E-state index in [-0.39, 0.29) is 11.7 Å². The van der Waals surface area contributed by atoms with Crippen LogP contribution >= 0.6 is 0 Å². The molecule has 2 heterocycles. The number of benzene rings is 1. The van der Waals surface area contributed by atoms with Crippen molar-refractivity contribution < 1.29 is 14.6 Å². The van der Waals surface area contributed by atoms with Crippen LogP contribution in [0.4, 0.5) is 5.69 Å². The van der Waals surface area contributed by atoms with E-state index in [2.05, 4.69) is 10.3 Å². The Hall–Kier alpha value is -2.56. The summed E-state index contributed by atoms with van der Waals surface area (Å²) in [5, 5.41) is 12.2. The molecule has 5 nitrogen and oxygen atoms in total. The Bertz CT molecular complexity index is 628. The number of hydrogen-bond acceptors (Lipinski definition) is 4. The molecule has 3 rings (SSSR count). The van der Waals surface area contributed by atoms with E-state index in [0.717, 1.165) is 17.0 Å². The highest BCUT2D eigenvalue weighted by molar-refractivity contribution is 5.86. The minimum absolute atomic E-state index is 0.0252. The van der Waals surface area contributed by atoms with Crippen LogP contribution in [0.25, 0.3) is 0 Å². The Morgan fingerprint density at radius 2 is 2.21 bits per heavy atom. The largest absolute Gasteiger partial charge is 0.491 e. The van der Waals surface area contributed by atoms with Crippen LogP contribution in [0.5, 0.6) is 5.75 Å². The number of carboxylic acid groups (broad SMARTS) is 1. The van der Waals surface area contributed by atoms with Gasteiger partial charge in [-0.3, -0.25) is 0 Å². The quantitative estimate of drug-likeness (QED) is 0.881. The molecule has 0 radical (unpaired) electrons. The number of carboxylic acids is 1.